The second kappa shape index (κ2) is 4.85. The smallest absolute Gasteiger partial charge is 0.267 e. The lowest BCUT2D eigenvalue weighted by atomic mass is 10.2. The van der Waals surface area contributed by atoms with Gasteiger partial charge < -0.3 is 9.52 Å². The number of aliphatic hydroxyl groups excluding tert-OH is 1. The summed E-state index contributed by atoms with van der Waals surface area (Å²) in [5.74, 6) is -0.0792. The van der Waals surface area contributed by atoms with E-state index in [2.05, 4.69) is 0 Å². The zero-order valence-electron chi connectivity index (χ0n) is 11.3. The largest absolute Gasteiger partial charge is 0.462 e. The molecule has 1 N–H and O–H groups in total. The SMILES string of the molecule is Cc1oc(CO)cc1S(=O)(=O)N1CCc2ccc(F)cc21. The van der Waals surface area contributed by atoms with E-state index in [1.54, 1.807) is 6.07 Å². The minimum Gasteiger partial charge on any atom is -0.462 e. The van der Waals surface area contributed by atoms with Gasteiger partial charge in [-0.15, -0.1) is 0 Å². The van der Waals surface area contributed by atoms with Crippen molar-refractivity contribution in [3.63, 3.8) is 0 Å². The Balaban J connectivity index is 2.09. The molecule has 21 heavy (non-hydrogen) atoms. The van der Waals surface area contributed by atoms with Gasteiger partial charge in [0, 0.05) is 12.6 Å². The molecule has 0 saturated carbocycles. The van der Waals surface area contributed by atoms with Gasteiger partial charge in [-0.05, 0) is 31.0 Å². The zero-order chi connectivity index (χ0) is 15.2. The maximum atomic E-state index is 13.4. The van der Waals surface area contributed by atoms with Crippen molar-refractivity contribution in [2.75, 3.05) is 10.8 Å². The van der Waals surface area contributed by atoms with E-state index in [9.17, 15) is 12.8 Å². The van der Waals surface area contributed by atoms with Gasteiger partial charge in [0.05, 0.1) is 5.69 Å². The van der Waals surface area contributed by atoms with Crippen molar-refractivity contribution in [2.45, 2.75) is 24.8 Å². The van der Waals surface area contributed by atoms with Crippen LogP contribution in [0.25, 0.3) is 0 Å². The average Bonchev–Trinajstić information content (AvgIpc) is 3.02. The van der Waals surface area contributed by atoms with Gasteiger partial charge in [-0.2, -0.15) is 0 Å². The fourth-order valence-corrected chi connectivity index (χ4v) is 4.23. The topological polar surface area (TPSA) is 70.8 Å². The lowest BCUT2D eigenvalue weighted by Gasteiger charge is -2.18. The number of halogens is 1. The van der Waals surface area contributed by atoms with Gasteiger partial charge in [-0.3, -0.25) is 4.31 Å². The maximum Gasteiger partial charge on any atom is 0.267 e. The molecule has 1 aliphatic heterocycles. The standard InChI is InChI=1S/C14H14FNO4S/c1-9-14(7-12(8-17)20-9)21(18,19)16-5-4-10-2-3-11(15)6-13(10)16/h2-3,6-7,17H,4-5,8H2,1H3. The highest BCUT2D eigenvalue weighted by Gasteiger charge is 2.33. The third-order valence-corrected chi connectivity index (χ3v) is 5.47. The van der Waals surface area contributed by atoms with Crippen molar-refractivity contribution in [2.24, 2.45) is 0 Å². The van der Waals surface area contributed by atoms with Gasteiger partial charge in [0.1, 0.15) is 28.8 Å². The first-order valence-electron chi connectivity index (χ1n) is 6.45. The molecule has 7 heteroatoms. The molecule has 0 bridgehead atoms. The van der Waals surface area contributed by atoms with E-state index in [0.717, 1.165) is 5.56 Å². The number of rotatable bonds is 3. The Hall–Kier alpha value is -1.86. The fourth-order valence-electron chi connectivity index (χ4n) is 2.55. The second-order valence-corrected chi connectivity index (χ2v) is 6.72. The van der Waals surface area contributed by atoms with Crippen molar-refractivity contribution in [3.05, 3.63) is 47.2 Å². The summed E-state index contributed by atoms with van der Waals surface area (Å²) < 4.78 is 45.2. The molecule has 2 aromatic rings. The molecule has 0 atom stereocenters. The lowest BCUT2D eigenvalue weighted by molar-refractivity contribution is 0.244. The Kier molecular flexibility index (Phi) is 3.26. The number of sulfonamides is 1. The molecular weight excluding hydrogens is 297 g/mol. The van der Waals surface area contributed by atoms with Gasteiger partial charge in [-0.1, -0.05) is 6.07 Å². The van der Waals surface area contributed by atoms with E-state index in [4.69, 9.17) is 9.52 Å². The summed E-state index contributed by atoms with van der Waals surface area (Å²) in [5, 5.41) is 9.05. The third-order valence-electron chi connectivity index (χ3n) is 3.55. The van der Waals surface area contributed by atoms with Crippen LogP contribution in [0, 0.1) is 12.7 Å². The summed E-state index contributed by atoms with van der Waals surface area (Å²) in [6, 6.07) is 5.45. The highest BCUT2D eigenvalue weighted by Crippen LogP contribution is 2.35. The van der Waals surface area contributed by atoms with Crippen molar-refractivity contribution in [3.8, 4) is 0 Å². The number of anilines is 1. The van der Waals surface area contributed by atoms with Crippen LogP contribution >= 0.6 is 0 Å². The van der Waals surface area contributed by atoms with Crippen LogP contribution in [0.4, 0.5) is 10.1 Å². The number of hydrogen-bond donors (Lipinski definition) is 1. The quantitative estimate of drug-likeness (QED) is 0.941. The van der Waals surface area contributed by atoms with Gasteiger partial charge >= 0.3 is 0 Å². The summed E-state index contributed by atoms with van der Waals surface area (Å²) in [4.78, 5) is 0.00339. The third kappa shape index (κ3) is 2.22. The number of furan rings is 1. The molecule has 2 heterocycles. The number of aryl methyl sites for hydroxylation is 1. The second-order valence-electron chi connectivity index (χ2n) is 4.89. The molecule has 5 nitrogen and oxygen atoms in total. The fraction of sp³-hybridized carbons (Fsp3) is 0.286. The molecule has 0 radical (unpaired) electrons. The lowest BCUT2D eigenvalue weighted by Crippen LogP contribution is -2.29. The van der Waals surface area contributed by atoms with Gasteiger partial charge in [0.25, 0.3) is 10.0 Å². The molecule has 0 unspecified atom stereocenters. The van der Waals surface area contributed by atoms with Crippen LogP contribution in [0.15, 0.2) is 33.6 Å². The highest BCUT2D eigenvalue weighted by molar-refractivity contribution is 7.92. The van der Waals surface area contributed by atoms with E-state index in [0.29, 0.717) is 12.1 Å². The Morgan fingerprint density at radius 1 is 1.38 bits per heavy atom. The molecule has 0 spiro atoms. The average molecular weight is 311 g/mol. The van der Waals surface area contributed by atoms with E-state index < -0.39 is 15.8 Å². The van der Waals surface area contributed by atoms with Crippen LogP contribution in [-0.4, -0.2) is 20.1 Å². The Morgan fingerprint density at radius 2 is 2.14 bits per heavy atom. The molecule has 0 saturated heterocycles. The normalized spacial score (nSPS) is 14.5. The van der Waals surface area contributed by atoms with Crippen LogP contribution in [-0.2, 0) is 23.1 Å². The maximum absolute atomic E-state index is 13.4. The zero-order valence-corrected chi connectivity index (χ0v) is 12.2. The van der Waals surface area contributed by atoms with Crippen molar-refractivity contribution < 1.29 is 22.3 Å². The molecule has 1 aromatic carbocycles. The molecule has 0 aliphatic carbocycles. The number of fused-ring (bicyclic) bond motifs is 1. The molecule has 1 aliphatic rings. The van der Waals surface area contributed by atoms with E-state index >= 15 is 0 Å². The molecule has 112 valence electrons. The van der Waals surface area contributed by atoms with Crippen LogP contribution in [0.1, 0.15) is 17.1 Å². The van der Waals surface area contributed by atoms with E-state index in [1.165, 1.54) is 29.4 Å². The number of hydrogen-bond acceptors (Lipinski definition) is 4. The predicted molar refractivity (Wildman–Crippen MR) is 74.0 cm³/mol. The van der Waals surface area contributed by atoms with Crippen LogP contribution in [0.2, 0.25) is 0 Å². The first kappa shape index (κ1) is 14.1. The van der Waals surface area contributed by atoms with Crippen LogP contribution < -0.4 is 4.31 Å². The predicted octanol–water partition coefficient (Wildman–Crippen LogP) is 1.97. The van der Waals surface area contributed by atoms with Crippen LogP contribution in [0.5, 0.6) is 0 Å². The Labute approximate surface area is 121 Å². The van der Waals surface area contributed by atoms with Crippen molar-refractivity contribution >= 4 is 15.7 Å². The summed E-state index contributed by atoms with van der Waals surface area (Å²) in [6.07, 6.45) is 0.540. The highest BCUT2D eigenvalue weighted by atomic mass is 32.2. The number of aliphatic hydroxyl groups is 1. The van der Waals surface area contributed by atoms with Crippen LogP contribution in [0.3, 0.4) is 0 Å². The van der Waals surface area contributed by atoms with E-state index in [-0.39, 0.29) is 29.6 Å². The number of nitrogens with zero attached hydrogens (tertiary/aromatic N) is 1. The Bertz CT molecular complexity index is 797. The van der Waals surface area contributed by atoms with Gasteiger partial charge in [0.2, 0.25) is 0 Å². The molecule has 0 amide bonds. The number of benzene rings is 1. The monoisotopic (exact) mass is 311 g/mol. The summed E-state index contributed by atoms with van der Waals surface area (Å²) in [6.45, 7) is 1.41. The van der Waals surface area contributed by atoms with Gasteiger partial charge in [-0.25, -0.2) is 12.8 Å². The van der Waals surface area contributed by atoms with Crippen molar-refractivity contribution in [1.29, 1.82) is 0 Å². The first-order chi connectivity index (χ1) is 9.93. The first-order valence-corrected chi connectivity index (χ1v) is 7.89. The summed E-state index contributed by atoms with van der Waals surface area (Å²) in [5.41, 5.74) is 1.16. The molecular formula is C14H14FNO4S. The van der Waals surface area contributed by atoms with Gasteiger partial charge in [0.15, 0.2) is 0 Å². The van der Waals surface area contributed by atoms with Crippen molar-refractivity contribution in [1.82, 2.24) is 0 Å². The minimum atomic E-state index is -3.83. The molecule has 0 fully saturated rings. The summed E-state index contributed by atoms with van der Waals surface area (Å²) >= 11 is 0. The van der Waals surface area contributed by atoms with E-state index in [1.807, 2.05) is 0 Å². The molecule has 1 aromatic heterocycles. The molecule has 3 rings (SSSR count). The summed E-state index contributed by atoms with van der Waals surface area (Å²) in [7, 11) is -3.83. The Morgan fingerprint density at radius 3 is 2.81 bits per heavy atom. The minimum absolute atomic E-state index is 0.00339.